The third-order valence-electron chi connectivity index (χ3n) is 2.90. The van der Waals surface area contributed by atoms with Crippen LogP contribution in [0, 0.1) is 0 Å². The second-order valence-electron chi connectivity index (χ2n) is 4.54. The summed E-state index contributed by atoms with van der Waals surface area (Å²) in [5, 5.41) is 2.58. The van der Waals surface area contributed by atoms with Gasteiger partial charge in [0.1, 0.15) is 0 Å². The molecule has 0 spiro atoms. The number of nitrogens with zero attached hydrogens (tertiary/aromatic N) is 3. The standard InChI is InChI=1S/C15H13F3N4O3/c1-24-13(23)11-12(20-7-6-19-11)22-14(25-2)21-10-5-3-4-9(8-10)15(16,17)18/h3-8H,1-2H3,(H,20,21,22). The third kappa shape index (κ3) is 4.66. The van der Waals surface area contributed by atoms with Crippen molar-refractivity contribution in [3.05, 3.63) is 47.9 Å². The number of benzene rings is 1. The number of anilines is 1. The van der Waals surface area contributed by atoms with Crippen molar-refractivity contribution in [2.45, 2.75) is 6.18 Å². The maximum atomic E-state index is 12.8. The molecule has 0 fully saturated rings. The first-order valence-electron chi connectivity index (χ1n) is 6.81. The zero-order valence-electron chi connectivity index (χ0n) is 13.2. The van der Waals surface area contributed by atoms with Crippen molar-refractivity contribution in [2.24, 2.45) is 4.99 Å². The topological polar surface area (TPSA) is 85.7 Å². The highest BCUT2D eigenvalue weighted by atomic mass is 19.4. The molecule has 7 nitrogen and oxygen atoms in total. The summed E-state index contributed by atoms with van der Waals surface area (Å²) in [6.07, 6.45) is -1.91. The summed E-state index contributed by atoms with van der Waals surface area (Å²) < 4.78 is 47.8. The van der Waals surface area contributed by atoms with E-state index in [1.54, 1.807) is 0 Å². The van der Waals surface area contributed by atoms with Gasteiger partial charge in [-0.3, -0.25) is 0 Å². The Kier molecular flexibility index (Phi) is 5.52. The zero-order valence-corrected chi connectivity index (χ0v) is 13.2. The molecule has 1 N–H and O–H groups in total. The van der Waals surface area contributed by atoms with Gasteiger partial charge < -0.3 is 14.8 Å². The number of rotatable bonds is 3. The molecular weight excluding hydrogens is 341 g/mol. The molecule has 0 aliphatic heterocycles. The largest absolute Gasteiger partial charge is 0.468 e. The van der Waals surface area contributed by atoms with Crippen molar-refractivity contribution in [2.75, 3.05) is 19.5 Å². The van der Waals surface area contributed by atoms with Gasteiger partial charge in [0, 0.05) is 18.1 Å². The van der Waals surface area contributed by atoms with Crippen LogP contribution in [0.1, 0.15) is 16.1 Å². The van der Waals surface area contributed by atoms with Gasteiger partial charge in [-0.2, -0.15) is 18.2 Å². The maximum absolute atomic E-state index is 12.8. The number of amidine groups is 1. The molecule has 0 amide bonds. The number of carbonyl (C=O) groups excluding carboxylic acids is 1. The molecule has 2 aromatic rings. The number of ether oxygens (including phenoxy) is 2. The Balaban J connectivity index is 2.33. The van der Waals surface area contributed by atoms with E-state index in [9.17, 15) is 18.0 Å². The highest BCUT2D eigenvalue weighted by Gasteiger charge is 2.30. The number of esters is 1. The van der Waals surface area contributed by atoms with Crippen LogP contribution >= 0.6 is 0 Å². The molecule has 0 saturated carbocycles. The van der Waals surface area contributed by atoms with E-state index in [4.69, 9.17) is 4.74 Å². The fourth-order valence-corrected chi connectivity index (χ4v) is 1.77. The van der Waals surface area contributed by atoms with Gasteiger partial charge in [-0.1, -0.05) is 6.07 Å². The van der Waals surface area contributed by atoms with E-state index in [2.05, 4.69) is 25.0 Å². The second kappa shape index (κ2) is 7.60. The first-order valence-corrected chi connectivity index (χ1v) is 6.81. The van der Waals surface area contributed by atoms with Gasteiger partial charge in [0.05, 0.1) is 19.8 Å². The smallest absolute Gasteiger partial charge is 0.416 e. The lowest BCUT2D eigenvalue weighted by Gasteiger charge is -2.11. The highest BCUT2D eigenvalue weighted by molar-refractivity contribution is 5.95. The summed E-state index contributed by atoms with van der Waals surface area (Å²) in [6.45, 7) is 0. The van der Waals surface area contributed by atoms with Gasteiger partial charge in [0.2, 0.25) is 0 Å². The van der Waals surface area contributed by atoms with Crippen LogP contribution in [0.15, 0.2) is 41.7 Å². The number of aromatic nitrogens is 2. The van der Waals surface area contributed by atoms with Crippen LogP contribution in [0.25, 0.3) is 0 Å². The number of hydrogen-bond donors (Lipinski definition) is 1. The van der Waals surface area contributed by atoms with Crippen LogP contribution in [0.4, 0.5) is 24.7 Å². The van der Waals surface area contributed by atoms with E-state index in [0.29, 0.717) is 0 Å². The predicted molar refractivity (Wildman–Crippen MR) is 82.5 cm³/mol. The van der Waals surface area contributed by atoms with Crippen molar-refractivity contribution in [1.29, 1.82) is 0 Å². The molecule has 0 saturated heterocycles. The molecule has 1 heterocycles. The molecule has 25 heavy (non-hydrogen) atoms. The second-order valence-corrected chi connectivity index (χ2v) is 4.54. The molecule has 1 aromatic heterocycles. The van der Waals surface area contributed by atoms with Gasteiger partial charge in [-0.15, -0.1) is 0 Å². The number of hydrogen-bond acceptors (Lipinski definition) is 6. The van der Waals surface area contributed by atoms with Crippen LogP contribution in [0.5, 0.6) is 0 Å². The van der Waals surface area contributed by atoms with Gasteiger partial charge >= 0.3 is 12.1 Å². The molecule has 0 atom stereocenters. The lowest BCUT2D eigenvalue weighted by Crippen LogP contribution is -2.15. The summed E-state index contributed by atoms with van der Waals surface area (Å²) in [5.74, 6) is -0.868. The Morgan fingerprint density at radius 2 is 1.88 bits per heavy atom. The minimum atomic E-state index is -4.48. The zero-order chi connectivity index (χ0) is 18.4. The van der Waals surface area contributed by atoms with E-state index in [1.165, 1.54) is 38.7 Å². The van der Waals surface area contributed by atoms with Gasteiger partial charge in [-0.25, -0.2) is 14.8 Å². The van der Waals surface area contributed by atoms with Crippen molar-refractivity contribution in [3.8, 4) is 0 Å². The van der Waals surface area contributed by atoms with Crippen LogP contribution in [0.3, 0.4) is 0 Å². The molecule has 0 radical (unpaired) electrons. The first kappa shape index (κ1) is 18.2. The summed E-state index contributed by atoms with van der Waals surface area (Å²) in [4.78, 5) is 23.3. The predicted octanol–water partition coefficient (Wildman–Crippen LogP) is 3.03. The number of carbonyl (C=O) groups is 1. The Morgan fingerprint density at radius 3 is 2.52 bits per heavy atom. The van der Waals surface area contributed by atoms with Crippen LogP contribution in [-0.2, 0) is 15.7 Å². The quantitative estimate of drug-likeness (QED) is 0.518. The van der Waals surface area contributed by atoms with Crippen LogP contribution in [-0.4, -0.2) is 36.2 Å². The number of aliphatic imine (C=N–C) groups is 1. The van der Waals surface area contributed by atoms with Crippen molar-refractivity contribution < 1.29 is 27.4 Å². The lowest BCUT2D eigenvalue weighted by atomic mass is 10.2. The van der Waals surface area contributed by atoms with Crippen molar-refractivity contribution >= 4 is 23.5 Å². The molecular formula is C15H13F3N4O3. The van der Waals surface area contributed by atoms with E-state index in [1.807, 2.05) is 0 Å². The van der Waals surface area contributed by atoms with Gasteiger partial charge in [0.15, 0.2) is 11.5 Å². The molecule has 1 aromatic carbocycles. The highest BCUT2D eigenvalue weighted by Crippen LogP contribution is 2.30. The Morgan fingerprint density at radius 1 is 1.16 bits per heavy atom. The van der Waals surface area contributed by atoms with E-state index < -0.39 is 17.7 Å². The number of nitrogens with one attached hydrogen (secondary N) is 1. The van der Waals surface area contributed by atoms with E-state index in [-0.39, 0.29) is 23.2 Å². The van der Waals surface area contributed by atoms with Crippen LogP contribution < -0.4 is 5.32 Å². The molecule has 10 heteroatoms. The minimum Gasteiger partial charge on any atom is -0.468 e. The van der Waals surface area contributed by atoms with Crippen molar-refractivity contribution in [3.63, 3.8) is 0 Å². The summed E-state index contributed by atoms with van der Waals surface area (Å²) in [7, 11) is 2.43. The summed E-state index contributed by atoms with van der Waals surface area (Å²) in [6, 6.07) is 4.30. The summed E-state index contributed by atoms with van der Waals surface area (Å²) in [5.41, 5.74) is -0.896. The average Bonchev–Trinajstić information content (AvgIpc) is 2.60. The van der Waals surface area contributed by atoms with Crippen LogP contribution in [0.2, 0.25) is 0 Å². The molecule has 0 aliphatic rings. The first-order chi connectivity index (χ1) is 11.8. The van der Waals surface area contributed by atoms with Crippen molar-refractivity contribution in [1.82, 2.24) is 9.97 Å². The molecule has 2 rings (SSSR count). The monoisotopic (exact) mass is 354 g/mol. The number of halogens is 3. The fraction of sp³-hybridized carbons (Fsp3) is 0.200. The number of methoxy groups -OCH3 is 2. The van der Waals surface area contributed by atoms with E-state index >= 15 is 0 Å². The minimum absolute atomic E-state index is 0.0962. The van der Waals surface area contributed by atoms with Gasteiger partial charge in [0.25, 0.3) is 6.02 Å². The molecule has 0 aliphatic carbocycles. The van der Waals surface area contributed by atoms with E-state index in [0.717, 1.165) is 12.1 Å². The SMILES string of the molecule is COC(=O)c1nccnc1N=C(Nc1cccc(C(F)(F)F)c1)OC. The molecule has 0 bridgehead atoms. The average molecular weight is 354 g/mol. The lowest BCUT2D eigenvalue weighted by molar-refractivity contribution is -0.137. The normalized spacial score (nSPS) is 11.8. The number of alkyl halides is 3. The molecule has 132 valence electrons. The van der Waals surface area contributed by atoms with Gasteiger partial charge in [-0.05, 0) is 18.2 Å². The molecule has 0 unspecified atom stereocenters. The fourth-order valence-electron chi connectivity index (χ4n) is 1.77. The maximum Gasteiger partial charge on any atom is 0.416 e. The Labute approximate surface area is 140 Å². The third-order valence-corrected chi connectivity index (χ3v) is 2.90. The Bertz CT molecular complexity index is 794. The Hall–Kier alpha value is -3.17. The summed E-state index contributed by atoms with van der Waals surface area (Å²) >= 11 is 0.